The maximum absolute atomic E-state index is 4.13. The second-order valence-corrected chi connectivity index (χ2v) is 4.70. The van der Waals surface area contributed by atoms with Crippen LogP contribution in [0.3, 0.4) is 0 Å². The molecule has 0 aromatic carbocycles. The highest BCUT2D eigenvalue weighted by molar-refractivity contribution is 5.13. The fraction of sp³-hybridized carbons (Fsp3) is 0.583. The molecule has 1 saturated carbocycles. The fourth-order valence-electron chi connectivity index (χ4n) is 1.54. The van der Waals surface area contributed by atoms with Crippen LogP contribution in [0.15, 0.2) is 24.5 Å². The first-order chi connectivity index (χ1) is 6.70. The molecule has 1 N–H and O–H groups in total. The molecule has 1 aromatic heterocycles. The number of rotatable bonds is 4. The zero-order valence-electron chi connectivity index (χ0n) is 8.96. The standard InChI is InChI=1S/C12H18N2/c1-10(11-4-3-7-13-8-11)14-9-12(2)5-6-12/h3-4,7-8,10,14H,5-6,9H2,1-2H3. The largest absolute Gasteiger partial charge is 0.310 e. The van der Waals surface area contributed by atoms with Gasteiger partial charge in [0.2, 0.25) is 0 Å². The van der Waals surface area contributed by atoms with Crippen molar-refractivity contribution in [1.29, 1.82) is 0 Å². The summed E-state index contributed by atoms with van der Waals surface area (Å²) in [5.74, 6) is 0. The SMILES string of the molecule is CC(NCC1(C)CC1)c1cccnc1. The summed E-state index contributed by atoms with van der Waals surface area (Å²) in [6.07, 6.45) is 6.50. The van der Waals surface area contributed by atoms with E-state index >= 15 is 0 Å². The lowest BCUT2D eigenvalue weighted by Crippen LogP contribution is -2.25. The predicted molar refractivity (Wildman–Crippen MR) is 58.0 cm³/mol. The summed E-state index contributed by atoms with van der Waals surface area (Å²) in [7, 11) is 0. The molecule has 1 aromatic rings. The minimum Gasteiger partial charge on any atom is -0.310 e. The molecule has 0 saturated heterocycles. The Labute approximate surface area is 85.7 Å². The maximum Gasteiger partial charge on any atom is 0.0315 e. The van der Waals surface area contributed by atoms with Crippen molar-refractivity contribution < 1.29 is 0 Å². The first-order valence-electron chi connectivity index (χ1n) is 5.33. The Morgan fingerprint density at radius 3 is 2.93 bits per heavy atom. The van der Waals surface area contributed by atoms with E-state index in [9.17, 15) is 0 Å². The molecule has 1 atom stereocenters. The van der Waals surface area contributed by atoms with Crippen molar-refractivity contribution in [2.75, 3.05) is 6.54 Å². The first kappa shape index (κ1) is 9.66. The zero-order valence-corrected chi connectivity index (χ0v) is 8.96. The zero-order chi connectivity index (χ0) is 10.0. The molecule has 0 aliphatic heterocycles. The third-order valence-corrected chi connectivity index (χ3v) is 3.12. The molecule has 1 aliphatic rings. The van der Waals surface area contributed by atoms with Gasteiger partial charge in [0.25, 0.3) is 0 Å². The van der Waals surface area contributed by atoms with Crippen LogP contribution >= 0.6 is 0 Å². The van der Waals surface area contributed by atoms with E-state index in [2.05, 4.69) is 30.2 Å². The summed E-state index contributed by atoms with van der Waals surface area (Å²) in [6.45, 7) is 5.67. The Morgan fingerprint density at radius 1 is 1.57 bits per heavy atom. The number of pyridine rings is 1. The quantitative estimate of drug-likeness (QED) is 0.789. The van der Waals surface area contributed by atoms with Gasteiger partial charge in [-0.05, 0) is 36.8 Å². The van der Waals surface area contributed by atoms with Gasteiger partial charge in [-0.25, -0.2) is 0 Å². The van der Waals surface area contributed by atoms with Gasteiger partial charge in [-0.1, -0.05) is 13.0 Å². The van der Waals surface area contributed by atoms with E-state index in [1.165, 1.54) is 18.4 Å². The molecule has 0 radical (unpaired) electrons. The smallest absolute Gasteiger partial charge is 0.0315 e. The van der Waals surface area contributed by atoms with E-state index in [0.29, 0.717) is 11.5 Å². The molecule has 0 amide bonds. The van der Waals surface area contributed by atoms with Gasteiger partial charge in [-0.3, -0.25) is 4.98 Å². The highest BCUT2D eigenvalue weighted by atomic mass is 14.9. The van der Waals surface area contributed by atoms with Crippen LogP contribution in [-0.4, -0.2) is 11.5 Å². The molecule has 1 heterocycles. The Kier molecular flexibility index (Phi) is 2.55. The average molecular weight is 190 g/mol. The molecule has 1 fully saturated rings. The van der Waals surface area contributed by atoms with Gasteiger partial charge in [-0.15, -0.1) is 0 Å². The third kappa shape index (κ3) is 2.32. The summed E-state index contributed by atoms with van der Waals surface area (Å²) >= 11 is 0. The molecule has 0 spiro atoms. The lowest BCUT2D eigenvalue weighted by Gasteiger charge is -2.16. The van der Waals surface area contributed by atoms with Crippen LogP contribution in [-0.2, 0) is 0 Å². The number of nitrogens with zero attached hydrogens (tertiary/aromatic N) is 1. The second-order valence-electron chi connectivity index (χ2n) is 4.70. The number of aromatic nitrogens is 1. The van der Waals surface area contributed by atoms with Crippen LogP contribution in [0.25, 0.3) is 0 Å². The van der Waals surface area contributed by atoms with Crippen molar-refractivity contribution in [3.63, 3.8) is 0 Å². The lowest BCUT2D eigenvalue weighted by molar-refractivity contribution is 0.457. The van der Waals surface area contributed by atoms with E-state index in [0.717, 1.165) is 6.54 Å². The maximum atomic E-state index is 4.13. The van der Waals surface area contributed by atoms with Gasteiger partial charge in [-0.2, -0.15) is 0 Å². The number of nitrogens with one attached hydrogen (secondary N) is 1. The van der Waals surface area contributed by atoms with Gasteiger partial charge < -0.3 is 5.32 Å². The summed E-state index contributed by atoms with van der Waals surface area (Å²) in [4.78, 5) is 4.13. The highest BCUT2D eigenvalue weighted by Crippen LogP contribution is 2.44. The number of hydrogen-bond acceptors (Lipinski definition) is 2. The molecule has 1 unspecified atom stereocenters. The summed E-state index contributed by atoms with van der Waals surface area (Å²) < 4.78 is 0. The fourth-order valence-corrected chi connectivity index (χ4v) is 1.54. The van der Waals surface area contributed by atoms with Crippen molar-refractivity contribution >= 4 is 0 Å². The minimum atomic E-state index is 0.418. The summed E-state index contributed by atoms with van der Waals surface area (Å²) in [5, 5.41) is 3.56. The molecular formula is C12H18N2. The summed E-state index contributed by atoms with van der Waals surface area (Å²) in [6, 6.07) is 4.54. The molecule has 1 aliphatic carbocycles. The molecule has 14 heavy (non-hydrogen) atoms. The Morgan fingerprint density at radius 2 is 2.36 bits per heavy atom. The third-order valence-electron chi connectivity index (χ3n) is 3.12. The molecule has 76 valence electrons. The normalized spacial score (nSPS) is 20.4. The van der Waals surface area contributed by atoms with E-state index in [1.54, 1.807) is 0 Å². The van der Waals surface area contributed by atoms with Crippen molar-refractivity contribution in [3.05, 3.63) is 30.1 Å². The topological polar surface area (TPSA) is 24.9 Å². The van der Waals surface area contributed by atoms with E-state index in [4.69, 9.17) is 0 Å². The van der Waals surface area contributed by atoms with Crippen LogP contribution in [0.5, 0.6) is 0 Å². The van der Waals surface area contributed by atoms with E-state index in [1.807, 2.05) is 18.5 Å². The predicted octanol–water partition coefficient (Wildman–Crippen LogP) is 2.53. The lowest BCUT2D eigenvalue weighted by atomic mass is 10.1. The summed E-state index contributed by atoms with van der Waals surface area (Å²) in [5.41, 5.74) is 1.85. The van der Waals surface area contributed by atoms with Gasteiger partial charge in [0.15, 0.2) is 0 Å². The van der Waals surface area contributed by atoms with Crippen molar-refractivity contribution in [1.82, 2.24) is 10.3 Å². The van der Waals surface area contributed by atoms with E-state index < -0.39 is 0 Å². The molecule has 2 nitrogen and oxygen atoms in total. The first-order valence-corrected chi connectivity index (χ1v) is 5.33. The van der Waals surface area contributed by atoms with Crippen LogP contribution in [0.1, 0.15) is 38.3 Å². The minimum absolute atomic E-state index is 0.418. The monoisotopic (exact) mass is 190 g/mol. The van der Waals surface area contributed by atoms with Crippen LogP contribution in [0.4, 0.5) is 0 Å². The molecule has 2 rings (SSSR count). The van der Waals surface area contributed by atoms with Crippen molar-refractivity contribution in [2.24, 2.45) is 5.41 Å². The van der Waals surface area contributed by atoms with Crippen LogP contribution in [0, 0.1) is 5.41 Å². The van der Waals surface area contributed by atoms with Crippen LogP contribution < -0.4 is 5.32 Å². The van der Waals surface area contributed by atoms with Gasteiger partial charge >= 0.3 is 0 Å². The number of hydrogen-bond donors (Lipinski definition) is 1. The van der Waals surface area contributed by atoms with Crippen molar-refractivity contribution in [3.8, 4) is 0 Å². The van der Waals surface area contributed by atoms with Crippen LogP contribution in [0.2, 0.25) is 0 Å². The Balaban J connectivity index is 1.86. The van der Waals surface area contributed by atoms with Gasteiger partial charge in [0.05, 0.1) is 0 Å². The molecule has 0 bridgehead atoms. The van der Waals surface area contributed by atoms with Gasteiger partial charge in [0, 0.05) is 25.0 Å². The van der Waals surface area contributed by atoms with E-state index in [-0.39, 0.29) is 0 Å². The Bertz CT molecular complexity index is 290. The second kappa shape index (κ2) is 3.70. The average Bonchev–Trinajstić information content (AvgIpc) is 2.95. The van der Waals surface area contributed by atoms with Gasteiger partial charge in [0.1, 0.15) is 0 Å². The molecule has 2 heteroatoms. The molecular weight excluding hydrogens is 172 g/mol. The Hall–Kier alpha value is -0.890. The van der Waals surface area contributed by atoms with Crippen molar-refractivity contribution in [2.45, 2.75) is 32.7 Å². The highest BCUT2D eigenvalue weighted by Gasteiger charge is 2.36.